The van der Waals surface area contributed by atoms with Gasteiger partial charge in [-0.2, -0.15) is 0 Å². The number of hydrogen-bond donors (Lipinski definition) is 0. The Morgan fingerprint density at radius 1 is 1.15 bits per heavy atom. The van der Waals surface area contributed by atoms with E-state index in [4.69, 9.17) is 11.6 Å². The molecule has 2 rings (SSSR count). The van der Waals surface area contributed by atoms with Crippen molar-refractivity contribution in [2.75, 3.05) is 18.5 Å². The van der Waals surface area contributed by atoms with E-state index in [0.29, 0.717) is 17.1 Å². The fourth-order valence-electron chi connectivity index (χ4n) is 2.31. The summed E-state index contributed by atoms with van der Waals surface area (Å²) in [6.45, 7) is 4.43. The molecule has 0 aliphatic heterocycles. The molecule has 0 bridgehead atoms. The first-order valence-electron chi connectivity index (χ1n) is 6.55. The average Bonchev–Trinajstić information content (AvgIpc) is 2.38. The monoisotopic (exact) mass is 287 g/mol. The normalized spacial score (nSPS) is 10.4. The smallest absolute Gasteiger partial charge is 0.183 e. The number of hydrogen-bond acceptors (Lipinski definition) is 2. The number of rotatable bonds is 4. The van der Waals surface area contributed by atoms with Gasteiger partial charge in [0.25, 0.3) is 0 Å². The van der Waals surface area contributed by atoms with Crippen LogP contribution in [-0.2, 0) is 0 Å². The molecule has 0 amide bonds. The second-order valence-electron chi connectivity index (χ2n) is 5.05. The van der Waals surface area contributed by atoms with Crippen molar-refractivity contribution in [2.45, 2.75) is 13.8 Å². The fraction of sp³-hybridized carbons (Fsp3) is 0.235. The Balaban J connectivity index is 2.17. The third-order valence-electron chi connectivity index (χ3n) is 3.32. The highest BCUT2D eigenvalue weighted by atomic mass is 35.5. The van der Waals surface area contributed by atoms with E-state index in [1.165, 1.54) is 11.1 Å². The van der Waals surface area contributed by atoms with E-state index < -0.39 is 0 Å². The molecule has 0 aliphatic rings. The molecule has 3 heteroatoms. The molecule has 0 N–H and O–H groups in total. The van der Waals surface area contributed by atoms with E-state index in [1.54, 1.807) is 12.1 Å². The highest BCUT2D eigenvalue weighted by molar-refractivity contribution is 6.34. The van der Waals surface area contributed by atoms with Crippen LogP contribution >= 0.6 is 11.6 Å². The highest BCUT2D eigenvalue weighted by Gasteiger charge is 2.13. The highest BCUT2D eigenvalue weighted by Crippen LogP contribution is 2.21. The SMILES string of the molecule is Cc1ccc(N(C)CC(=O)c2ccccc2Cl)c(C)c1. The Morgan fingerprint density at radius 3 is 2.50 bits per heavy atom. The molecule has 0 unspecified atom stereocenters. The van der Waals surface area contributed by atoms with Crippen molar-refractivity contribution >= 4 is 23.1 Å². The fourth-order valence-corrected chi connectivity index (χ4v) is 2.55. The van der Waals surface area contributed by atoms with Crippen molar-refractivity contribution in [3.8, 4) is 0 Å². The summed E-state index contributed by atoms with van der Waals surface area (Å²) >= 11 is 6.06. The van der Waals surface area contributed by atoms with E-state index in [2.05, 4.69) is 26.0 Å². The number of Topliss-reactive ketones (excluding diaryl/α,β-unsaturated/α-hetero) is 1. The van der Waals surface area contributed by atoms with Gasteiger partial charge in [-0.05, 0) is 37.6 Å². The first-order chi connectivity index (χ1) is 9.49. The molecule has 0 fully saturated rings. The molecule has 0 atom stereocenters. The Morgan fingerprint density at radius 2 is 1.85 bits per heavy atom. The summed E-state index contributed by atoms with van der Waals surface area (Å²) in [5.41, 5.74) is 4.03. The lowest BCUT2D eigenvalue weighted by Crippen LogP contribution is -2.26. The van der Waals surface area contributed by atoms with Gasteiger partial charge in [0, 0.05) is 18.3 Å². The van der Waals surface area contributed by atoms with E-state index in [0.717, 1.165) is 5.69 Å². The van der Waals surface area contributed by atoms with Crippen molar-refractivity contribution in [2.24, 2.45) is 0 Å². The first-order valence-corrected chi connectivity index (χ1v) is 6.93. The lowest BCUT2D eigenvalue weighted by molar-refractivity contribution is 0.100. The molecule has 2 aromatic rings. The summed E-state index contributed by atoms with van der Waals surface area (Å²) in [4.78, 5) is 14.3. The molecule has 0 aromatic heterocycles. The van der Waals surface area contributed by atoms with Crippen LogP contribution in [0.2, 0.25) is 5.02 Å². The molecule has 20 heavy (non-hydrogen) atoms. The number of benzene rings is 2. The van der Waals surface area contributed by atoms with E-state index in [9.17, 15) is 4.79 Å². The number of anilines is 1. The van der Waals surface area contributed by atoms with Gasteiger partial charge in [0.15, 0.2) is 5.78 Å². The summed E-state index contributed by atoms with van der Waals surface area (Å²) in [7, 11) is 1.92. The predicted molar refractivity (Wildman–Crippen MR) is 85.0 cm³/mol. The van der Waals surface area contributed by atoms with Gasteiger partial charge in [0.05, 0.1) is 11.6 Å². The Hall–Kier alpha value is -1.80. The second kappa shape index (κ2) is 6.10. The molecule has 2 nitrogen and oxygen atoms in total. The lowest BCUT2D eigenvalue weighted by atomic mass is 10.1. The Kier molecular flexibility index (Phi) is 4.46. The zero-order chi connectivity index (χ0) is 14.7. The van der Waals surface area contributed by atoms with Gasteiger partial charge in [0.2, 0.25) is 0 Å². The minimum Gasteiger partial charge on any atom is -0.367 e. The predicted octanol–water partition coefficient (Wildman–Crippen LogP) is 4.28. The number of halogens is 1. The summed E-state index contributed by atoms with van der Waals surface area (Å²) in [6.07, 6.45) is 0. The maximum atomic E-state index is 12.3. The van der Waals surface area contributed by atoms with Crippen molar-refractivity contribution in [1.82, 2.24) is 0 Å². The maximum absolute atomic E-state index is 12.3. The second-order valence-corrected chi connectivity index (χ2v) is 5.46. The number of aryl methyl sites for hydroxylation is 2. The molecule has 0 spiro atoms. The largest absolute Gasteiger partial charge is 0.367 e. The summed E-state index contributed by atoms with van der Waals surface area (Å²) in [5.74, 6) is 0.0260. The topological polar surface area (TPSA) is 20.3 Å². The maximum Gasteiger partial charge on any atom is 0.183 e. The van der Waals surface area contributed by atoms with Crippen LogP contribution < -0.4 is 4.90 Å². The molecule has 0 saturated heterocycles. The lowest BCUT2D eigenvalue weighted by Gasteiger charge is -2.21. The quantitative estimate of drug-likeness (QED) is 0.783. The third-order valence-corrected chi connectivity index (χ3v) is 3.65. The number of nitrogens with zero attached hydrogens (tertiary/aromatic N) is 1. The van der Waals surface area contributed by atoms with Gasteiger partial charge in [-0.15, -0.1) is 0 Å². The van der Waals surface area contributed by atoms with Gasteiger partial charge >= 0.3 is 0 Å². The van der Waals surface area contributed by atoms with Gasteiger partial charge < -0.3 is 4.90 Å². The zero-order valence-electron chi connectivity index (χ0n) is 12.0. The van der Waals surface area contributed by atoms with E-state index >= 15 is 0 Å². The van der Waals surface area contributed by atoms with Crippen LogP contribution in [0.25, 0.3) is 0 Å². The van der Waals surface area contributed by atoms with E-state index in [1.807, 2.05) is 30.1 Å². The molecule has 104 valence electrons. The Labute approximate surface area is 125 Å². The third kappa shape index (κ3) is 3.20. The van der Waals surface area contributed by atoms with Crippen molar-refractivity contribution in [3.05, 3.63) is 64.2 Å². The number of carbonyl (C=O) groups is 1. The van der Waals surface area contributed by atoms with Crippen LogP contribution in [0, 0.1) is 13.8 Å². The van der Waals surface area contributed by atoms with Gasteiger partial charge in [-0.25, -0.2) is 0 Å². The first kappa shape index (κ1) is 14.6. The number of likely N-dealkylation sites (N-methyl/N-ethyl adjacent to an activating group) is 1. The minimum atomic E-state index is 0.0260. The van der Waals surface area contributed by atoms with Crippen LogP contribution in [0.5, 0.6) is 0 Å². The zero-order valence-corrected chi connectivity index (χ0v) is 12.7. The molecule has 0 saturated carbocycles. The minimum absolute atomic E-state index is 0.0260. The molecular formula is C17H18ClNO. The van der Waals surface area contributed by atoms with Gasteiger partial charge in [-0.1, -0.05) is 41.4 Å². The molecular weight excluding hydrogens is 270 g/mol. The summed E-state index contributed by atoms with van der Waals surface area (Å²) in [6, 6.07) is 13.4. The van der Waals surface area contributed by atoms with Crippen LogP contribution in [-0.4, -0.2) is 19.4 Å². The van der Waals surface area contributed by atoms with Crippen LogP contribution in [0.15, 0.2) is 42.5 Å². The van der Waals surface area contributed by atoms with Crippen LogP contribution in [0.3, 0.4) is 0 Å². The van der Waals surface area contributed by atoms with Gasteiger partial charge in [0.1, 0.15) is 0 Å². The Bertz CT molecular complexity index is 637. The summed E-state index contributed by atoms with van der Waals surface area (Å²) < 4.78 is 0. The van der Waals surface area contributed by atoms with Crippen molar-refractivity contribution < 1.29 is 4.79 Å². The average molecular weight is 288 g/mol. The molecule has 2 aromatic carbocycles. The van der Waals surface area contributed by atoms with Crippen molar-refractivity contribution in [1.29, 1.82) is 0 Å². The van der Waals surface area contributed by atoms with Gasteiger partial charge in [-0.3, -0.25) is 4.79 Å². The number of carbonyl (C=O) groups excluding carboxylic acids is 1. The number of ketones is 1. The van der Waals surface area contributed by atoms with Crippen LogP contribution in [0.1, 0.15) is 21.5 Å². The molecule has 0 heterocycles. The van der Waals surface area contributed by atoms with Crippen molar-refractivity contribution in [3.63, 3.8) is 0 Å². The molecule has 0 aliphatic carbocycles. The van der Waals surface area contributed by atoms with E-state index in [-0.39, 0.29) is 5.78 Å². The molecule has 0 radical (unpaired) electrons. The standard InChI is InChI=1S/C17H18ClNO/c1-12-8-9-16(13(2)10-12)19(3)11-17(20)14-6-4-5-7-15(14)18/h4-10H,11H2,1-3H3. The van der Waals surface area contributed by atoms with Crippen LogP contribution in [0.4, 0.5) is 5.69 Å². The summed E-state index contributed by atoms with van der Waals surface area (Å²) in [5, 5.41) is 0.506.